The summed E-state index contributed by atoms with van der Waals surface area (Å²) in [4.78, 5) is 39.5. The van der Waals surface area contributed by atoms with Gasteiger partial charge in [0.25, 0.3) is 0 Å². The molecule has 3 atom stereocenters. The van der Waals surface area contributed by atoms with Gasteiger partial charge < -0.3 is 19.3 Å². The van der Waals surface area contributed by atoms with Crippen molar-refractivity contribution in [2.24, 2.45) is 5.41 Å². The number of esters is 2. The highest BCUT2D eigenvalue weighted by molar-refractivity contribution is 5.82. The molecular weight excluding hydrogens is 546 g/mol. The molecule has 252 valence electrons. The van der Waals surface area contributed by atoms with E-state index in [1.807, 2.05) is 13.8 Å². The van der Waals surface area contributed by atoms with Crippen LogP contribution in [0.25, 0.3) is 0 Å². The van der Waals surface area contributed by atoms with Crippen LogP contribution in [0.3, 0.4) is 0 Å². The predicted octanol–water partition coefficient (Wildman–Crippen LogP) is 8.51. The van der Waals surface area contributed by atoms with E-state index in [1.54, 1.807) is 20.8 Å². The smallest absolute Gasteiger partial charge is 0.411 e. The molecule has 0 saturated carbocycles. The third-order valence-corrected chi connectivity index (χ3v) is 8.21. The molecular formula is C35H65NO7. The molecule has 0 radical (unpaired) electrons. The maximum Gasteiger partial charge on any atom is 0.411 e. The van der Waals surface area contributed by atoms with E-state index in [2.05, 4.69) is 13.8 Å². The van der Waals surface area contributed by atoms with E-state index >= 15 is 0 Å². The number of ether oxygens (including phenoxy) is 3. The van der Waals surface area contributed by atoms with E-state index in [4.69, 9.17) is 14.2 Å². The maximum absolute atomic E-state index is 13.1. The molecule has 1 amide bonds. The molecule has 0 aromatic rings. The Morgan fingerprint density at radius 1 is 0.791 bits per heavy atom. The van der Waals surface area contributed by atoms with Crippen LogP contribution >= 0.6 is 0 Å². The zero-order valence-electron chi connectivity index (χ0n) is 28.7. The number of nitrogens with zero attached hydrogens (tertiary/aromatic N) is 1. The highest BCUT2D eigenvalue weighted by atomic mass is 16.6. The van der Waals surface area contributed by atoms with Crippen molar-refractivity contribution >= 4 is 18.0 Å². The molecule has 1 N–H and O–H groups in total. The van der Waals surface area contributed by atoms with Crippen LogP contribution in [-0.2, 0) is 23.8 Å². The van der Waals surface area contributed by atoms with E-state index < -0.39 is 35.2 Å². The van der Waals surface area contributed by atoms with Gasteiger partial charge in [-0.1, -0.05) is 84.5 Å². The Bertz CT molecular complexity index is 792. The van der Waals surface area contributed by atoms with Crippen molar-refractivity contribution in [3.8, 4) is 0 Å². The Morgan fingerprint density at radius 2 is 1.33 bits per heavy atom. The Kier molecular flexibility index (Phi) is 19.1. The number of aliphatic hydroxyl groups excluding tert-OH is 1. The van der Waals surface area contributed by atoms with Crippen molar-refractivity contribution in [1.82, 2.24) is 4.90 Å². The molecule has 0 aromatic heterocycles. The lowest BCUT2D eigenvalue weighted by molar-refractivity contribution is -0.161. The zero-order valence-corrected chi connectivity index (χ0v) is 28.7. The molecule has 8 nitrogen and oxygen atoms in total. The number of unbranched alkanes of at least 4 members (excludes halogenated alkanes) is 11. The number of likely N-dealkylation sites (tertiary alicyclic amines) is 1. The monoisotopic (exact) mass is 611 g/mol. The van der Waals surface area contributed by atoms with Crippen molar-refractivity contribution in [2.75, 3.05) is 13.2 Å². The summed E-state index contributed by atoms with van der Waals surface area (Å²) < 4.78 is 16.9. The lowest BCUT2D eigenvalue weighted by atomic mass is 9.86. The minimum atomic E-state index is -0.826. The summed E-state index contributed by atoms with van der Waals surface area (Å²) in [6.07, 6.45) is 17.1. The number of rotatable bonds is 22. The largest absolute Gasteiger partial charge is 0.464 e. The Balaban J connectivity index is 2.38. The van der Waals surface area contributed by atoms with Crippen molar-refractivity contribution < 1.29 is 33.7 Å². The molecule has 0 bridgehead atoms. The standard InChI is InChI=1S/C35H65NO7/c1-8-10-12-14-15-19-23-29(22-18-13-11-9-2)42-32(39)35(6,7)24-20-16-17-21-25-41-31(38)30-26-28(37)27-36(30)33(40)43-34(3,4)5/h28-30,37H,8-27H2,1-7H3/t28-,29?,30-/m0/s1. The van der Waals surface area contributed by atoms with Crippen LogP contribution in [0.4, 0.5) is 4.79 Å². The van der Waals surface area contributed by atoms with E-state index in [1.165, 1.54) is 56.3 Å². The molecule has 1 heterocycles. The molecule has 1 aliphatic rings. The molecule has 0 aromatic carbocycles. The first-order valence-corrected chi connectivity index (χ1v) is 17.4. The summed E-state index contributed by atoms with van der Waals surface area (Å²) in [6, 6.07) is -0.826. The number of β-amino-alcohol motifs (C(OH)–C–C–N with tert-alkyl or cyclic N) is 1. The number of carbonyl (C=O) groups excluding carboxylic acids is 3. The lowest BCUT2D eigenvalue weighted by Crippen LogP contribution is -2.44. The van der Waals surface area contributed by atoms with Gasteiger partial charge in [0.15, 0.2) is 0 Å². The van der Waals surface area contributed by atoms with E-state index in [9.17, 15) is 19.5 Å². The molecule has 1 fully saturated rings. The second-order valence-electron chi connectivity index (χ2n) is 14.2. The van der Waals surface area contributed by atoms with Crippen LogP contribution in [0.15, 0.2) is 0 Å². The van der Waals surface area contributed by atoms with Gasteiger partial charge >= 0.3 is 18.0 Å². The lowest BCUT2D eigenvalue weighted by Gasteiger charge is -2.27. The SMILES string of the molecule is CCCCCCCCC(CCCCCC)OC(=O)C(C)(C)CCCCCCOC(=O)[C@@H]1C[C@H](O)CN1C(=O)OC(C)(C)C. The fourth-order valence-corrected chi connectivity index (χ4v) is 5.48. The minimum Gasteiger partial charge on any atom is -0.464 e. The summed E-state index contributed by atoms with van der Waals surface area (Å²) in [7, 11) is 0. The first-order chi connectivity index (χ1) is 20.3. The second-order valence-corrected chi connectivity index (χ2v) is 14.2. The van der Waals surface area contributed by atoms with Gasteiger partial charge in [-0.3, -0.25) is 9.69 Å². The fourth-order valence-electron chi connectivity index (χ4n) is 5.48. The molecule has 1 aliphatic heterocycles. The minimum absolute atomic E-state index is 0.0247. The summed E-state index contributed by atoms with van der Waals surface area (Å²) in [5, 5.41) is 10.0. The van der Waals surface area contributed by atoms with Crippen LogP contribution in [0.5, 0.6) is 0 Å². The molecule has 0 aliphatic carbocycles. The molecule has 43 heavy (non-hydrogen) atoms. The van der Waals surface area contributed by atoms with Crippen molar-refractivity contribution in [3.05, 3.63) is 0 Å². The average Bonchev–Trinajstić information content (AvgIpc) is 3.33. The quantitative estimate of drug-likeness (QED) is 0.0744. The van der Waals surface area contributed by atoms with Gasteiger partial charge in [-0.15, -0.1) is 0 Å². The average molecular weight is 612 g/mol. The third-order valence-electron chi connectivity index (χ3n) is 8.21. The topological polar surface area (TPSA) is 102 Å². The van der Waals surface area contributed by atoms with Gasteiger partial charge in [0.2, 0.25) is 0 Å². The van der Waals surface area contributed by atoms with E-state index in [0.29, 0.717) is 6.42 Å². The molecule has 1 rings (SSSR count). The van der Waals surface area contributed by atoms with Crippen LogP contribution in [-0.4, -0.2) is 65.0 Å². The fraction of sp³-hybridized carbons (Fsp3) is 0.914. The summed E-state index contributed by atoms with van der Waals surface area (Å²) in [6.45, 7) is 14.0. The molecule has 1 unspecified atom stereocenters. The number of hydrogen-bond donors (Lipinski definition) is 1. The molecule has 0 spiro atoms. The number of amides is 1. The molecule has 1 saturated heterocycles. The second kappa shape index (κ2) is 21.0. The Morgan fingerprint density at radius 3 is 1.93 bits per heavy atom. The molecule has 8 heteroatoms. The third kappa shape index (κ3) is 17.3. The van der Waals surface area contributed by atoms with Gasteiger partial charge in [0, 0.05) is 6.42 Å². The number of hydrogen-bond acceptors (Lipinski definition) is 7. The zero-order chi connectivity index (χ0) is 32.3. The van der Waals surface area contributed by atoms with Crippen LogP contribution in [0, 0.1) is 5.41 Å². The Hall–Kier alpha value is -1.83. The van der Waals surface area contributed by atoms with Gasteiger partial charge in [-0.25, -0.2) is 9.59 Å². The highest BCUT2D eigenvalue weighted by Crippen LogP contribution is 2.28. The van der Waals surface area contributed by atoms with Gasteiger partial charge in [-0.2, -0.15) is 0 Å². The highest BCUT2D eigenvalue weighted by Gasteiger charge is 2.41. The van der Waals surface area contributed by atoms with Crippen molar-refractivity contribution in [2.45, 2.75) is 188 Å². The predicted molar refractivity (Wildman–Crippen MR) is 172 cm³/mol. The normalized spacial score (nSPS) is 18.0. The summed E-state index contributed by atoms with van der Waals surface area (Å²) in [5.74, 6) is -0.585. The first-order valence-electron chi connectivity index (χ1n) is 17.4. The van der Waals surface area contributed by atoms with E-state index in [0.717, 1.165) is 51.4 Å². The van der Waals surface area contributed by atoms with Crippen LogP contribution < -0.4 is 0 Å². The summed E-state index contributed by atoms with van der Waals surface area (Å²) >= 11 is 0. The maximum atomic E-state index is 13.1. The summed E-state index contributed by atoms with van der Waals surface area (Å²) in [5.41, 5.74) is -1.21. The Labute approximate surface area is 263 Å². The van der Waals surface area contributed by atoms with Gasteiger partial charge in [0.05, 0.1) is 24.7 Å². The van der Waals surface area contributed by atoms with Crippen LogP contribution in [0.2, 0.25) is 0 Å². The number of carbonyl (C=O) groups is 3. The van der Waals surface area contributed by atoms with Crippen molar-refractivity contribution in [3.63, 3.8) is 0 Å². The first kappa shape index (κ1) is 39.2. The van der Waals surface area contributed by atoms with E-state index in [-0.39, 0.29) is 31.6 Å². The number of aliphatic hydroxyl groups is 1. The van der Waals surface area contributed by atoms with Gasteiger partial charge in [0.1, 0.15) is 17.7 Å². The van der Waals surface area contributed by atoms with Gasteiger partial charge in [-0.05, 0) is 73.1 Å². The van der Waals surface area contributed by atoms with Crippen LogP contribution in [0.1, 0.15) is 164 Å². The van der Waals surface area contributed by atoms with Crippen molar-refractivity contribution in [1.29, 1.82) is 0 Å².